The maximum atomic E-state index is 12.0. The van der Waals surface area contributed by atoms with Crippen LogP contribution in [0.5, 0.6) is 0 Å². The van der Waals surface area contributed by atoms with E-state index in [2.05, 4.69) is 0 Å². The minimum atomic E-state index is -1.07. The van der Waals surface area contributed by atoms with Crippen molar-refractivity contribution in [2.45, 2.75) is 6.10 Å². The molecule has 6 heteroatoms. The number of nitriles is 1. The smallest absolute Gasteiger partial charge is 0.334 e. The predicted molar refractivity (Wildman–Crippen MR) is 74.1 cm³/mol. The van der Waals surface area contributed by atoms with Gasteiger partial charge in [-0.2, -0.15) is 5.26 Å². The first kappa shape index (κ1) is 14.8. The van der Waals surface area contributed by atoms with E-state index in [-0.39, 0.29) is 19.1 Å². The van der Waals surface area contributed by atoms with Crippen LogP contribution in [0.2, 0.25) is 0 Å². The SMILES string of the molecule is N#Cc1ccc(C=CC(=O)N2CCOC(C(=O)O)C2)cc1. The maximum absolute atomic E-state index is 12.0. The van der Waals surface area contributed by atoms with Crippen molar-refractivity contribution in [3.63, 3.8) is 0 Å². The van der Waals surface area contributed by atoms with Gasteiger partial charge in [-0.15, -0.1) is 0 Å². The molecule has 1 fully saturated rings. The van der Waals surface area contributed by atoms with Crippen LogP contribution in [-0.4, -0.2) is 47.7 Å². The Morgan fingerprint density at radius 1 is 1.38 bits per heavy atom. The zero-order valence-electron chi connectivity index (χ0n) is 11.2. The predicted octanol–water partition coefficient (Wildman–Crippen LogP) is 0.883. The first-order valence-electron chi connectivity index (χ1n) is 6.41. The molecular formula is C15H14N2O4. The van der Waals surface area contributed by atoms with Gasteiger partial charge in [-0.05, 0) is 23.8 Å². The van der Waals surface area contributed by atoms with Crippen LogP contribution in [0.25, 0.3) is 6.08 Å². The van der Waals surface area contributed by atoms with Gasteiger partial charge in [0.05, 0.1) is 24.8 Å². The molecule has 1 atom stereocenters. The molecular weight excluding hydrogens is 272 g/mol. The number of benzene rings is 1. The summed E-state index contributed by atoms with van der Waals surface area (Å²) in [6, 6.07) is 8.83. The molecule has 1 heterocycles. The van der Waals surface area contributed by atoms with Gasteiger partial charge in [-0.3, -0.25) is 4.79 Å². The molecule has 6 nitrogen and oxygen atoms in total. The van der Waals surface area contributed by atoms with Crippen molar-refractivity contribution in [1.82, 2.24) is 4.90 Å². The van der Waals surface area contributed by atoms with Crippen molar-refractivity contribution in [2.24, 2.45) is 0 Å². The van der Waals surface area contributed by atoms with E-state index >= 15 is 0 Å². The first-order valence-corrected chi connectivity index (χ1v) is 6.41. The maximum Gasteiger partial charge on any atom is 0.334 e. The number of amides is 1. The number of rotatable bonds is 3. The Morgan fingerprint density at radius 2 is 2.10 bits per heavy atom. The van der Waals surface area contributed by atoms with Crippen LogP contribution in [0, 0.1) is 11.3 Å². The zero-order valence-corrected chi connectivity index (χ0v) is 11.2. The molecule has 21 heavy (non-hydrogen) atoms. The van der Waals surface area contributed by atoms with Crippen LogP contribution in [-0.2, 0) is 14.3 Å². The van der Waals surface area contributed by atoms with Gasteiger partial charge in [0.15, 0.2) is 6.10 Å². The highest BCUT2D eigenvalue weighted by molar-refractivity contribution is 5.92. The quantitative estimate of drug-likeness (QED) is 0.833. The highest BCUT2D eigenvalue weighted by Gasteiger charge is 2.27. The lowest BCUT2D eigenvalue weighted by Crippen LogP contribution is -2.48. The lowest BCUT2D eigenvalue weighted by atomic mass is 10.1. The van der Waals surface area contributed by atoms with Crippen molar-refractivity contribution in [3.8, 4) is 6.07 Å². The highest BCUT2D eigenvalue weighted by Crippen LogP contribution is 2.09. The number of aliphatic carboxylic acids is 1. The van der Waals surface area contributed by atoms with Gasteiger partial charge in [0.1, 0.15) is 0 Å². The van der Waals surface area contributed by atoms with Crippen LogP contribution < -0.4 is 0 Å². The van der Waals surface area contributed by atoms with Gasteiger partial charge >= 0.3 is 5.97 Å². The summed E-state index contributed by atoms with van der Waals surface area (Å²) in [7, 11) is 0. The van der Waals surface area contributed by atoms with Gasteiger partial charge in [-0.1, -0.05) is 12.1 Å². The Morgan fingerprint density at radius 3 is 2.71 bits per heavy atom. The summed E-state index contributed by atoms with van der Waals surface area (Å²) < 4.78 is 5.06. The molecule has 1 aliphatic rings. The van der Waals surface area contributed by atoms with E-state index in [0.29, 0.717) is 12.1 Å². The van der Waals surface area contributed by atoms with Crippen LogP contribution >= 0.6 is 0 Å². The molecule has 0 aromatic heterocycles. The van der Waals surface area contributed by atoms with Crippen molar-refractivity contribution >= 4 is 18.0 Å². The molecule has 0 aliphatic carbocycles. The second-order valence-corrected chi connectivity index (χ2v) is 4.55. The minimum absolute atomic E-state index is 0.0475. The van der Waals surface area contributed by atoms with Gasteiger partial charge in [-0.25, -0.2) is 4.79 Å². The van der Waals surface area contributed by atoms with E-state index in [9.17, 15) is 9.59 Å². The summed E-state index contributed by atoms with van der Waals surface area (Å²) in [5, 5.41) is 17.6. The molecule has 0 bridgehead atoms. The van der Waals surface area contributed by atoms with Gasteiger partial charge in [0.25, 0.3) is 0 Å². The summed E-state index contributed by atoms with van der Waals surface area (Å²) in [6.45, 7) is 0.639. The number of nitrogens with zero attached hydrogens (tertiary/aromatic N) is 2. The standard InChI is InChI=1S/C15H14N2O4/c16-9-12-3-1-11(2-4-12)5-6-14(18)17-7-8-21-13(10-17)15(19)20/h1-6,13H,7-8,10H2,(H,19,20). The third-order valence-corrected chi connectivity index (χ3v) is 3.11. The Labute approximate surface area is 121 Å². The summed E-state index contributed by atoms with van der Waals surface area (Å²) in [4.78, 5) is 24.3. The number of hydrogen-bond donors (Lipinski definition) is 1. The third kappa shape index (κ3) is 3.91. The van der Waals surface area contributed by atoms with Crippen molar-refractivity contribution in [2.75, 3.05) is 19.7 Å². The Hall–Kier alpha value is -2.65. The van der Waals surface area contributed by atoms with Crippen molar-refractivity contribution < 1.29 is 19.4 Å². The monoisotopic (exact) mass is 286 g/mol. The Bertz CT molecular complexity index is 601. The summed E-state index contributed by atoms with van der Waals surface area (Å²) in [5.41, 5.74) is 1.35. The number of carboxylic acid groups (broad SMARTS) is 1. The van der Waals surface area contributed by atoms with Crippen LogP contribution in [0.3, 0.4) is 0 Å². The molecule has 0 spiro atoms. The lowest BCUT2D eigenvalue weighted by Gasteiger charge is -2.30. The van der Waals surface area contributed by atoms with E-state index in [0.717, 1.165) is 5.56 Å². The number of morpholine rings is 1. The van der Waals surface area contributed by atoms with E-state index in [4.69, 9.17) is 15.1 Å². The normalized spacial score (nSPS) is 18.4. The summed E-state index contributed by atoms with van der Waals surface area (Å²) >= 11 is 0. The van der Waals surface area contributed by atoms with Crippen LogP contribution in [0.15, 0.2) is 30.3 Å². The van der Waals surface area contributed by atoms with Gasteiger partial charge in [0, 0.05) is 12.6 Å². The lowest BCUT2D eigenvalue weighted by molar-refractivity contribution is -0.158. The Kier molecular flexibility index (Phi) is 4.69. The second-order valence-electron chi connectivity index (χ2n) is 4.55. The molecule has 1 unspecified atom stereocenters. The topological polar surface area (TPSA) is 90.6 Å². The van der Waals surface area contributed by atoms with E-state index in [1.807, 2.05) is 6.07 Å². The van der Waals surface area contributed by atoms with E-state index < -0.39 is 12.1 Å². The molecule has 1 aromatic rings. The fourth-order valence-electron chi connectivity index (χ4n) is 1.94. The minimum Gasteiger partial charge on any atom is -0.479 e. The third-order valence-electron chi connectivity index (χ3n) is 3.11. The molecule has 1 aliphatic heterocycles. The van der Waals surface area contributed by atoms with Gasteiger partial charge in [0.2, 0.25) is 5.91 Å². The van der Waals surface area contributed by atoms with Crippen molar-refractivity contribution in [1.29, 1.82) is 5.26 Å². The number of hydrogen-bond acceptors (Lipinski definition) is 4. The average molecular weight is 286 g/mol. The fourth-order valence-corrected chi connectivity index (χ4v) is 1.94. The van der Waals surface area contributed by atoms with E-state index in [1.54, 1.807) is 30.3 Å². The highest BCUT2D eigenvalue weighted by atomic mass is 16.5. The molecule has 1 aromatic carbocycles. The molecule has 108 valence electrons. The van der Waals surface area contributed by atoms with Gasteiger partial charge < -0.3 is 14.7 Å². The Balaban J connectivity index is 1.98. The van der Waals surface area contributed by atoms with Crippen molar-refractivity contribution in [3.05, 3.63) is 41.5 Å². The summed E-state index contributed by atoms with van der Waals surface area (Å²) in [5.74, 6) is -1.32. The zero-order chi connectivity index (χ0) is 15.2. The summed E-state index contributed by atoms with van der Waals surface area (Å²) in [6.07, 6.45) is 2.06. The molecule has 1 amide bonds. The average Bonchev–Trinajstić information content (AvgIpc) is 2.53. The number of carboxylic acids is 1. The van der Waals surface area contributed by atoms with E-state index in [1.165, 1.54) is 11.0 Å². The molecule has 2 rings (SSSR count). The van der Waals surface area contributed by atoms with Crippen LogP contribution in [0.4, 0.5) is 0 Å². The molecule has 1 N–H and O–H groups in total. The number of carbonyl (C=O) groups excluding carboxylic acids is 1. The largest absolute Gasteiger partial charge is 0.479 e. The van der Waals surface area contributed by atoms with Crippen LogP contribution in [0.1, 0.15) is 11.1 Å². The fraction of sp³-hybridized carbons (Fsp3) is 0.267. The molecule has 0 radical (unpaired) electrons. The number of ether oxygens (including phenoxy) is 1. The molecule has 1 saturated heterocycles. The number of carbonyl (C=O) groups is 2. The second kappa shape index (κ2) is 6.68. The first-order chi connectivity index (χ1) is 10.1. The molecule has 0 saturated carbocycles.